The zero-order valence-corrected chi connectivity index (χ0v) is 11.7. The topological polar surface area (TPSA) is 92.9 Å². The number of aliphatic hydroxyl groups excluding tert-OH is 1. The predicted molar refractivity (Wildman–Crippen MR) is 66.1 cm³/mol. The number of primary amides is 1. The Kier molecular flexibility index (Phi) is 4.58. The van der Waals surface area contributed by atoms with E-state index in [1.165, 1.54) is 0 Å². The Labute approximate surface area is 115 Å². The number of nitrogens with zero attached hydrogens (tertiary/aromatic N) is 1. The Bertz CT molecular complexity index is 395. The number of nitrogens with two attached hydrogens (primary N) is 1. The van der Waals surface area contributed by atoms with E-state index < -0.39 is 48.5 Å². The second-order valence-electron chi connectivity index (χ2n) is 6.03. The van der Waals surface area contributed by atoms with Crippen LogP contribution in [0.15, 0.2) is 0 Å². The summed E-state index contributed by atoms with van der Waals surface area (Å²) in [5, 5.41) is 10.1. The van der Waals surface area contributed by atoms with Gasteiger partial charge in [-0.1, -0.05) is 20.8 Å². The van der Waals surface area contributed by atoms with E-state index in [9.17, 15) is 23.5 Å². The molecular formula is C12H20F2N2O4. The number of halogens is 2. The van der Waals surface area contributed by atoms with Crippen molar-refractivity contribution >= 4 is 12.0 Å². The third-order valence-corrected chi connectivity index (χ3v) is 3.14. The van der Waals surface area contributed by atoms with E-state index in [4.69, 9.17) is 5.73 Å². The van der Waals surface area contributed by atoms with Gasteiger partial charge >= 0.3 is 6.09 Å². The molecule has 2 amide bonds. The summed E-state index contributed by atoms with van der Waals surface area (Å²) in [5.74, 6) is -3.82. The Morgan fingerprint density at radius 1 is 1.40 bits per heavy atom. The molecule has 1 rings (SSSR count). The van der Waals surface area contributed by atoms with Gasteiger partial charge in [0.05, 0.1) is 6.54 Å². The molecule has 0 aromatic heterocycles. The molecule has 3 N–H and O–H groups in total. The molecule has 1 unspecified atom stereocenters. The van der Waals surface area contributed by atoms with Crippen LogP contribution >= 0.6 is 0 Å². The second-order valence-corrected chi connectivity index (χ2v) is 6.03. The Hall–Kier alpha value is -1.44. The van der Waals surface area contributed by atoms with E-state index in [0.717, 1.165) is 4.90 Å². The molecule has 0 aliphatic carbocycles. The lowest BCUT2D eigenvalue weighted by atomic mass is 9.85. The number of hydrogen-bond acceptors (Lipinski definition) is 4. The fourth-order valence-electron chi connectivity index (χ4n) is 1.93. The first-order chi connectivity index (χ1) is 8.94. The summed E-state index contributed by atoms with van der Waals surface area (Å²) in [6.07, 6.45) is -4.62. The van der Waals surface area contributed by atoms with Gasteiger partial charge in [0.1, 0.15) is 6.10 Å². The summed E-state index contributed by atoms with van der Waals surface area (Å²) in [6, 6.07) is 0. The molecular weight excluding hydrogens is 274 g/mol. The van der Waals surface area contributed by atoms with Crippen molar-refractivity contribution in [3.63, 3.8) is 0 Å². The van der Waals surface area contributed by atoms with Gasteiger partial charge < -0.3 is 20.5 Å². The molecule has 1 fully saturated rings. The molecule has 0 spiro atoms. The van der Waals surface area contributed by atoms with Gasteiger partial charge in [-0.3, -0.25) is 4.79 Å². The number of amides is 2. The van der Waals surface area contributed by atoms with Crippen molar-refractivity contribution in [2.24, 2.45) is 11.1 Å². The van der Waals surface area contributed by atoms with Crippen LogP contribution in [0.1, 0.15) is 27.2 Å². The van der Waals surface area contributed by atoms with Gasteiger partial charge in [-0.05, 0) is 5.41 Å². The van der Waals surface area contributed by atoms with Gasteiger partial charge in [-0.25, -0.2) is 13.6 Å². The number of rotatable bonds is 3. The number of likely N-dealkylation sites (tertiary alicyclic amines) is 1. The minimum Gasteiger partial charge on any atom is -0.433 e. The largest absolute Gasteiger partial charge is 0.433 e. The van der Waals surface area contributed by atoms with Crippen LogP contribution in [0.25, 0.3) is 0 Å². The third-order valence-electron chi connectivity index (χ3n) is 3.14. The Balaban J connectivity index is 2.88. The van der Waals surface area contributed by atoms with Crippen LogP contribution in [0.3, 0.4) is 0 Å². The first-order valence-corrected chi connectivity index (χ1v) is 6.25. The van der Waals surface area contributed by atoms with Crippen molar-refractivity contribution in [1.29, 1.82) is 0 Å². The van der Waals surface area contributed by atoms with Crippen LogP contribution < -0.4 is 5.73 Å². The quantitative estimate of drug-likeness (QED) is 0.802. The maximum atomic E-state index is 13.1. The van der Waals surface area contributed by atoms with E-state index in [2.05, 4.69) is 4.74 Å². The second kappa shape index (κ2) is 5.51. The van der Waals surface area contributed by atoms with Crippen LogP contribution in [-0.4, -0.2) is 53.2 Å². The smallest absolute Gasteiger partial charge is 0.405 e. The van der Waals surface area contributed by atoms with Crippen molar-refractivity contribution in [2.75, 3.05) is 13.1 Å². The van der Waals surface area contributed by atoms with Gasteiger partial charge in [-0.15, -0.1) is 0 Å². The minimum atomic E-state index is -2.96. The van der Waals surface area contributed by atoms with Crippen LogP contribution in [-0.2, 0) is 9.53 Å². The summed E-state index contributed by atoms with van der Waals surface area (Å²) in [6.45, 7) is 3.98. The lowest BCUT2D eigenvalue weighted by Gasteiger charge is -2.33. The summed E-state index contributed by atoms with van der Waals surface area (Å²) >= 11 is 0. The Morgan fingerprint density at radius 2 is 1.95 bits per heavy atom. The maximum absolute atomic E-state index is 13.1. The van der Waals surface area contributed by atoms with E-state index in [1.54, 1.807) is 20.8 Å². The van der Waals surface area contributed by atoms with E-state index in [0.29, 0.717) is 0 Å². The van der Waals surface area contributed by atoms with Gasteiger partial charge in [0, 0.05) is 13.0 Å². The lowest BCUT2D eigenvalue weighted by Crippen LogP contribution is -2.51. The summed E-state index contributed by atoms with van der Waals surface area (Å²) in [4.78, 5) is 23.9. The lowest BCUT2D eigenvalue weighted by molar-refractivity contribution is -0.151. The predicted octanol–water partition coefficient (Wildman–Crippen LogP) is 0.725. The highest BCUT2D eigenvalue weighted by Gasteiger charge is 2.46. The number of ether oxygens (including phenoxy) is 1. The first-order valence-electron chi connectivity index (χ1n) is 6.25. The molecule has 2 atom stereocenters. The summed E-state index contributed by atoms with van der Waals surface area (Å²) in [5.41, 5.74) is 4.09. The average Bonchev–Trinajstić information content (AvgIpc) is 2.63. The highest BCUT2D eigenvalue weighted by Crippen LogP contribution is 2.30. The number of hydrogen-bond donors (Lipinski definition) is 2. The van der Waals surface area contributed by atoms with E-state index >= 15 is 0 Å². The number of aliphatic hydroxyl groups is 1. The number of carbonyl (C=O) groups excluding carboxylic acids is 2. The SMILES string of the molecule is CC(C)(C)C(O)[C@H](OC(N)=O)C(=O)N1CCC(F)(F)C1. The van der Waals surface area contributed by atoms with E-state index in [-0.39, 0.29) is 6.54 Å². The molecule has 1 aliphatic rings. The average molecular weight is 294 g/mol. The highest BCUT2D eigenvalue weighted by molar-refractivity contribution is 5.84. The Morgan fingerprint density at radius 3 is 2.30 bits per heavy atom. The molecule has 1 heterocycles. The number of alkyl halides is 2. The first kappa shape index (κ1) is 16.6. The molecule has 1 saturated heterocycles. The molecule has 0 bridgehead atoms. The summed E-state index contributed by atoms with van der Waals surface area (Å²) in [7, 11) is 0. The fraction of sp³-hybridized carbons (Fsp3) is 0.833. The summed E-state index contributed by atoms with van der Waals surface area (Å²) < 4.78 is 30.9. The molecule has 0 aromatic carbocycles. The van der Waals surface area contributed by atoms with E-state index in [1.807, 2.05) is 0 Å². The van der Waals surface area contributed by atoms with Gasteiger partial charge in [-0.2, -0.15) is 0 Å². The molecule has 0 saturated carbocycles. The van der Waals surface area contributed by atoms with Gasteiger partial charge in [0.2, 0.25) is 6.10 Å². The third kappa shape index (κ3) is 4.03. The fourth-order valence-corrected chi connectivity index (χ4v) is 1.93. The van der Waals surface area contributed by atoms with Crippen LogP contribution in [0.4, 0.5) is 13.6 Å². The van der Waals surface area contributed by atoms with Crippen LogP contribution in [0, 0.1) is 5.41 Å². The normalized spacial score (nSPS) is 21.4. The molecule has 8 heteroatoms. The standard InChI is InChI=1S/C12H20F2N2O4/c1-11(2,3)8(17)7(20-10(15)19)9(18)16-5-4-12(13,14)6-16/h7-8,17H,4-6H2,1-3H3,(H2,15,19)/t7-,8?/m0/s1. The van der Waals surface area contributed by atoms with Crippen molar-refractivity contribution in [2.45, 2.75) is 45.3 Å². The monoisotopic (exact) mass is 294 g/mol. The zero-order chi connectivity index (χ0) is 15.7. The van der Waals surface area contributed by atoms with Crippen LogP contribution in [0.5, 0.6) is 0 Å². The van der Waals surface area contributed by atoms with Crippen LogP contribution in [0.2, 0.25) is 0 Å². The van der Waals surface area contributed by atoms with Crippen molar-refractivity contribution in [3.05, 3.63) is 0 Å². The molecule has 0 radical (unpaired) electrons. The zero-order valence-electron chi connectivity index (χ0n) is 11.7. The van der Waals surface area contributed by atoms with Crippen molar-refractivity contribution in [3.8, 4) is 0 Å². The van der Waals surface area contributed by atoms with Crippen molar-refractivity contribution < 1.29 is 28.2 Å². The maximum Gasteiger partial charge on any atom is 0.405 e. The molecule has 20 heavy (non-hydrogen) atoms. The highest BCUT2D eigenvalue weighted by atomic mass is 19.3. The molecule has 1 aliphatic heterocycles. The molecule has 116 valence electrons. The molecule has 0 aromatic rings. The molecule has 6 nitrogen and oxygen atoms in total. The number of carbonyl (C=O) groups is 2. The van der Waals surface area contributed by atoms with Crippen molar-refractivity contribution in [1.82, 2.24) is 4.90 Å². The minimum absolute atomic E-state index is 0.151. The van der Waals surface area contributed by atoms with Gasteiger partial charge in [0.15, 0.2) is 0 Å². The van der Waals surface area contributed by atoms with Gasteiger partial charge in [0.25, 0.3) is 11.8 Å².